The second kappa shape index (κ2) is 4.66. The Hall–Kier alpha value is -2.47. The molecule has 0 bridgehead atoms. The molecule has 0 aromatic heterocycles. The van der Waals surface area contributed by atoms with Crippen LogP contribution >= 0.6 is 0 Å². The van der Waals surface area contributed by atoms with Crippen molar-refractivity contribution in [2.75, 3.05) is 0 Å². The molecule has 0 saturated heterocycles. The molecule has 2 aromatic carbocycles. The van der Waals surface area contributed by atoms with Gasteiger partial charge in [-0.3, -0.25) is 0 Å². The summed E-state index contributed by atoms with van der Waals surface area (Å²) in [6.45, 7) is 3.57. The maximum absolute atomic E-state index is 11.2. The van der Waals surface area contributed by atoms with E-state index in [1.54, 1.807) is 32.0 Å². The zero-order chi connectivity index (χ0) is 14.0. The summed E-state index contributed by atoms with van der Waals surface area (Å²) in [6.07, 6.45) is 5.41. The molecule has 0 aliphatic heterocycles. The minimum Gasteiger partial charge on any atom is -0.478 e. The van der Waals surface area contributed by atoms with Gasteiger partial charge >= 0.3 is 5.97 Å². The van der Waals surface area contributed by atoms with E-state index in [0.717, 1.165) is 5.39 Å². The molecule has 0 aliphatic carbocycles. The third kappa shape index (κ3) is 2.53. The van der Waals surface area contributed by atoms with Gasteiger partial charge in [0.1, 0.15) is 5.75 Å². The van der Waals surface area contributed by atoms with Crippen LogP contribution in [0.1, 0.15) is 24.2 Å². The summed E-state index contributed by atoms with van der Waals surface area (Å²) in [5.74, 6) is 2.18. The molecular weight excluding hydrogens is 240 g/mol. The fourth-order valence-electron chi connectivity index (χ4n) is 1.85. The lowest BCUT2D eigenvalue weighted by molar-refractivity contribution is 0.0699. The third-order valence-electron chi connectivity index (χ3n) is 2.83. The monoisotopic (exact) mass is 254 g/mol. The number of terminal acetylenes is 1. The topological polar surface area (TPSA) is 46.5 Å². The first-order valence-electron chi connectivity index (χ1n) is 5.86. The lowest BCUT2D eigenvalue weighted by Crippen LogP contribution is -2.25. The number of hydrogen-bond donors (Lipinski definition) is 1. The van der Waals surface area contributed by atoms with E-state index in [9.17, 15) is 9.90 Å². The van der Waals surface area contributed by atoms with Crippen LogP contribution in [0.25, 0.3) is 10.8 Å². The van der Waals surface area contributed by atoms with Gasteiger partial charge < -0.3 is 9.84 Å². The van der Waals surface area contributed by atoms with Crippen LogP contribution in [0, 0.1) is 12.3 Å². The number of ether oxygens (including phenoxy) is 1. The number of fused-ring (bicyclic) bond motifs is 1. The van der Waals surface area contributed by atoms with Crippen LogP contribution in [0.15, 0.2) is 36.4 Å². The van der Waals surface area contributed by atoms with Crippen molar-refractivity contribution in [3.05, 3.63) is 42.0 Å². The summed E-state index contributed by atoms with van der Waals surface area (Å²) >= 11 is 0. The number of rotatable bonds is 3. The molecule has 0 unspecified atom stereocenters. The van der Waals surface area contributed by atoms with Crippen LogP contribution in [0.5, 0.6) is 5.75 Å². The number of carboxylic acids is 1. The maximum Gasteiger partial charge on any atom is 0.336 e. The van der Waals surface area contributed by atoms with Gasteiger partial charge in [0.25, 0.3) is 0 Å². The van der Waals surface area contributed by atoms with Gasteiger partial charge in [0.2, 0.25) is 0 Å². The highest BCUT2D eigenvalue weighted by atomic mass is 16.5. The first-order chi connectivity index (χ1) is 8.94. The SMILES string of the molecule is C#CC(C)(C)Oc1ccc(C(=O)O)c2ccccc12. The fraction of sp³-hybridized carbons (Fsp3) is 0.188. The lowest BCUT2D eigenvalue weighted by atomic mass is 10.0. The Kier molecular flexibility index (Phi) is 3.18. The largest absolute Gasteiger partial charge is 0.478 e. The Labute approximate surface area is 111 Å². The predicted octanol–water partition coefficient (Wildman–Crippen LogP) is 3.33. The van der Waals surface area contributed by atoms with Crippen molar-refractivity contribution >= 4 is 16.7 Å². The molecule has 19 heavy (non-hydrogen) atoms. The van der Waals surface area contributed by atoms with Crippen molar-refractivity contribution in [1.29, 1.82) is 0 Å². The molecule has 0 atom stereocenters. The van der Waals surface area contributed by atoms with Crippen LogP contribution in [0.3, 0.4) is 0 Å². The molecular formula is C16H14O3. The molecule has 0 fully saturated rings. The van der Waals surface area contributed by atoms with E-state index < -0.39 is 11.6 Å². The van der Waals surface area contributed by atoms with E-state index in [0.29, 0.717) is 11.1 Å². The summed E-state index contributed by atoms with van der Waals surface area (Å²) in [7, 11) is 0. The van der Waals surface area contributed by atoms with E-state index in [1.165, 1.54) is 6.07 Å². The van der Waals surface area contributed by atoms with Crippen molar-refractivity contribution in [1.82, 2.24) is 0 Å². The number of aromatic carboxylic acids is 1. The zero-order valence-corrected chi connectivity index (χ0v) is 10.8. The molecule has 2 rings (SSSR count). The summed E-state index contributed by atoms with van der Waals surface area (Å²) in [6, 6.07) is 10.4. The standard InChI is InChI=1S/C16H14O3/c1-4-16(2,3)19-14-10-9-13(15(17)18)11-7-5-6-8-12(11)14/h1,5-10H,2-3H3,(H,17,18). The van der Waals surface area contributed by atoms with Gasteiger partial charge in [-0.15, -0.1) is 6.42 Å². The molecule has 0 saturated carbocycles. The van der Waals surface area contributed by atoms with Gasteiger partial charge in [-0.2, -0.15) is 0 Å². The molecule has 0 aliphatic rings. The first kappa shape index (κ1) is 13.0. The average Bonchev–Trinajstić information content (AvgIpc) is 2.38. The predicted molar refractivity (Wildman–Crippen MR) is 74.4 cm³/mol. The molecule has 0 spiro atoms. The fourth-order valence-corrected chi connectivity index (χ4v) is 1.85. The molecule has 3 heteroatoms. The molecule has 1 N–H and O–H groups in total. The Balaban J connectivity index is 2.63. The van der Waals surface area contributed by atoms with Crippen molar-refractivity contribution < 1.29 is 14.6 Å². The summed E-state index contributed by atoms with van der Waals surface area (Å²) in [5.41, 5.74) is -0.491. The number of benzene rings is 2. The Morgan fingerprint density at radius 3 is 2.42 bits per heavy atom. The van der Waals surface area contributed by atoms with Crippen LogP contribution < -0.4 is 4.74 Å². The highest BCUT2D eigenvalue weighted by Gasteiger charge is 2.18. The van der Waals surface area contributed by atoms with Crippen LogP contribution in [-0.4, -0.2) is 16.7 Å². The number of carbonyl (C=O) groups is 1. The minimum atomic E-state index is -0.959. The van der Waals surface area contributed by atoms with Gasteiger partial charge in [0.15, 0.2) is 5.60 Å². The van der Waals surface area contributed by atoms with Gasteiger partial charge in [0.05, 0.1) is 5.56 Å². The number of carboxylic acid groups (broad SMARTS) is 1. The van der Waals surface area contributed by atoms with Crippen LogP contribution in [0.2, 0.25) is 0 Å². The molecule has 0 radical (unpaired) electrons. The lowest BCUT2D eigenvalue weighted by Gasteiger charge is -2.21. The smallest absolute Gasteiger partial charge is 0.336 e. The second-order valence-corrected chi connectivity index (χ2v) is 4.72. The number of hydrogen-bond acceptors (Lipinski definition) is 2. The van der Waals surface area contributed by atoms with E-state index in [1.807, 2.05) is 12.1 Å². The van der Waals surface area contributed by atoms with Crippen molar-refractivity contribution in [3.63, 3.8) is 0 Å². The molecule has 0 heterocycles. The maximum atomic E-state index is 11.2. The highest BCUT2D eigenvalue weighted by Crippen LogP contribution is 2.30. The van der Waals surface area contributed by atoms with Gasteiger partial charge in [0, 0.05) is 5.39 Å². The molecule has 0 amide bonds. The Morgan fingerprint density at radius 2 is 1.84 bits per heavy atom. The third-order valence-corrected chi connectivity index (χ3v) is 2.83. The van der Waals surface area contributed by atoms with E-state index in [-0.39, 0.29) is 5.56 Å². The summed E-state index contributed by atoms with van der Waals surface area (Å²) < 4.78 is 5.77. The Bertz CT molecular complexity index is 678. The van der Waals surface area contributed by atoms with Crippen molar-refractivity contribution in [2.24, 2.45) is 0 Å². The zero-order valence-electron chi connectivity index (χ0n) is 10.8. The van der Waals surface area contributed by atoms with Gasteiger partial charge in [-0.05, 0) is 31.4 Å². The van der Waals surface area contributed by atoms with E-state index >= 15 is 0 Å². The van der Waals surface area contributed by atoms with Crippen molar-refractivity contribution in [3.8, 4) is 18.1 Å². The van der Waals surface area contributed by atoms with Gasteiger partial charge in [-0.25, -0.2) is 4.79 Å². The normalized spacial score (nSPS) is 11.0. The molecule has 2 aromatic rings. The van der Waals surface area contributed by atoms with E-state index in [2.05, 4.69) is 5.92 Å². The summed E-state index contributed by atoms with van der Waals surface area (Å²) in [5, 5.41) is 10.6. The highest BCUT2D eigenvalue weighted by molar-refractivity contribution is 6.05. The molecule has 3 nitrogen and oxygen atoms in total. The van der Waals surface area contributed by atoms with Crippen molar-refractivity contribution in [2.45, 2.75) is 19.4 Å². The Morgan fingerprint density at radius 1 is 1.21 bits per heavy atom. The van der Waals surface area contributed by atoms with Crippen LogP contribution in [-0.2, 0) is 0 Å². The second-order valence-electron chi connectivity index (χ2n) is 4.72. The average molecular weight is 254 g/mol. The van der Waals surface area contributed by atoms with Gasteiger partial charge in [-0.1, -0.05) is 30.2 Å². The quantitative estimate of drug-likeness (QED) is 0.854. The van der Waals surface area contributed by atoms with Crippen LogP contribution in [0.4, 0.5) is 0 Å². The van der Waals surface area contributed by atoms with E-state index in [4.69, 9.17) is 11.2 Å². The minimum absolute atomic E-state index is 0.251. The molecule has 96 valence electrons. The first-order valence-corrected chi connectivity index (χ1v) is 5.86. The summed E-state index contributed by atoms with van der Waals surface area (Å²) in [4.78, 5) is 11.2.